The van der Waals surface area contributed by atoms with Crippen LogP contribution >= 0.6 is 0 Å². The molecule has 7 heteroatoms. The fourth-order valence-corrected chi connectivity index (χ4v) is 2.50. The molecule has 138 valence electrons. The van der Waals surface area contributed by atoms with Crippen LogP contribution < -0.4 is 10.6 Å². The van der Waals surface area contributed by atoms with Gasteiger partial charge in [0.15, 0.2) is 0 Å². The maximum Gasteiger partial charge on any atom is 0.270 e. The van der Waals surface area contributed by atoms with Crippen LogP contribution in [0.4, 0.5) is 17.1 Å². The summed E-state index contributed by atoms with van der Waals surface area (Å²) in [6.07, 6.45) is 1.67. The molecule has 0 atom stereocenters. The Morgan fingerprint density at radius 2 is 1.93 bits per heavy atom. The molecule has 1 heterocycles. The Bertz CT molecular complexity index is 1090. The molecule has 1 amide bonds. The first kappa shape index (κ1) is 18.6. The number of nitrogens with one attached hydrogen (secondary N) is 2. The van der Waals surface area contributed by atoms with Gasteiger partial charge in [-0.15, -0.1) is 0 Å². The Morgan fingerprint density at radius 3 is 2.64 bits per heavy atom. The first-order valence-corrected chi connectivity index (χ1v) is 8.37. The van der Waals surface area contributed by atoms with Gasteiger partial charge in [-0.05, 0) is 42.3 Å². The van der Waals surface area contributed by atoms with E-state index in [4.69, 9.17) is 0 Å². The number of nitro groups is 1. The van der Waals surface area contributed by atoms with Gasteiger partial charge in [-0.2, -0.15) is 0 Å². The molecule has 0 fully saturated rings. The predicted molar refractivity (Wildman–Crippen MR) is 107 cm³/mol. The van der Waals surface area contributed by atoms with Gasteiger partial charge in [0, 0.05) is 42.3 Å². The zero-order chi connectivity index (χ0) is 19.9. The molecule has 0 aliphatic carbocycles. The van der Waals surface area contributed by atoms with Crippen LogP contribution in [-0.4, -0.2) is 22.9 Å². The Labute approximate surface area is 161 Å². The number of carbonyl (C=O) groups is 1. The fraction of sp³-hybridized carbons (Fsp3) is 0.0476. The molecule has 1 aromatic heterocycles. The first-order valence-electron chi connectivity index (χ1n) is 8.37. The van der Waals surface area contributed by atoms with Gasteiger partial charge in [0.05, 0.1) is 10.5 Å². The lowest BCUT2D eigenvalue weighted by molar-refractivity contribution is -0.384. The van der Waals surface area contributed by atoms with Crippen LogP contribution in [0.5, 0.6) is 0 Å². The summed E-state index contributed by atoms with van der Waals surface area (Å²) in [5.41, 5.74) is 2.41. The molecule has 0 unspecified atom stereocenters. The fourth-order valence-electron chi connectivity index (χ4n) is 2.50. The molecule has 28 heavy (non-hydrogen) atoms. The molecule has 3 aromatic rings. The molecule has 2 N–H and O–H groups in total. The normalized spacial score (nSPS) is 9.75. The summed E-state index contributed by atoms with van der Waals surface area (Å²) in [4.78, 5) is 27.2. The van der Waals surface area contributed by atoms with Gasteiger partial charge in [0.2, 0.25) is 0 Å². The molecule has 0 radical (unpaired) electrons. The quantitative estimate of drug-likeness (QED) is 0.414. The van der Waals surface area contributed by atoms with Crippen molar-refractivity contribution in [1.29, 1.82) is 0 Å². The van der Waals surface area contributed by atoms with E-state index < -0.39 is 10.8 Å². The summed E-state index contributed by atoms with van der Waals surface area (Å²) >= 11 is 0. The van der Waals surface area contributed by atoms with Crippen LogP contribution in [0.2, 0.25) is 0 Å². The maximum absolute atomic E-state index is 12.6. The van der Waals surface area contributed by atoms with Crippen molar-refractivity contribution in [3.63, 3.8) is 0 Å². The first-order chi connectivity index (χ1) is 13.6. The Balaban J connectivity index is 1.83. The van der Waals surface area contributed by atoms with Crippen molar-refractivity contribution in [2.24, 2.45) is 0 Å². The van der Waals surface area contributed by atoms with Crippen LogP contribution in [0.25, 0.3) is 0 Å². The van der Waals surface area contributed by atoms with Crippen molar-refractivity contribution in [3.05, 3.63) is 93.8 Å². The van der Waals surface area contributed by atoms with Crippen LogP contribution in [0.1, 0.15) is 21.6 Å². The minimum absolute atomic E-state index is 0.154. The maximum atomic E-state index is 12.6. The van der Waals surface area contributed by atoms with Crippen molar-refractivity contribution in [2.45, 2.75) is 0 Å². The van der Waals surface area contributed by atoms with E-state index in [1.54, 1.807) is 37.5 Å². The van der Waals surface area contributed by atoms with Crippen LogP contribution in [0, 0.1) is 22.0 Å². The van der Waals surface area contributed by atoms with Crippen molar-refractivity contribution in [2.75, 3.05) is 17.7 Å². The average Bonchev–Trinajstić information content (AvgIpc) is 2.72. The molecular formula is C21H16N4O3. The average molecular weight is 372 g/mol. The number of nitrogens with zero attached hydrogens (tertiary/aromatic N) is 2. The SMILES string of the molecule is CNc1ccc([N+](=O)[O-])cc1C(=O)Nc1cccc(C#Cc2ccccn2)c1. The highest BCUT2D eigenvalue weighted by atomic mass is 16.6. The van der Waals surface area contributed by atoms with E-state index in [0.717, 1.165) is 0 Å². The van der Waals surface area contributed by atoms with E-state index in [2.05, 4.69) is 27.5 Å². The second-order valence-corrected chi connectivity index (χ2v) is 5.74. The zero-order valence-electron chi connectivity index (χ0n) is 15.0. The van der Waals surface area contributed by atoms with Gasteiger partial charge < -0.3 is 10.6 Å². The second-order valence-electron chi connectivity index (χ2n) is 5.74. The third-order valence-corrected chi connectivity index (χ3v) is 3.85. The zero-order valence-corrected chi connectivity index (χ0v) is 15.0. The number of anilines is 2. The number of aromatic nitrogens is 1. The number of nitro benzene ring substituents is 1. The summed E-state index contributed by atoms with van der Waals surface area (Å²) < 4.78 is 0. The van der Waals surface area contributed by atoms with E-state index >= 15 is 0 Å². The molecule has 0 bridgehead atoms. The predicted octanol–water partition coefficient (Wildman–Crippen LogP) is 3.68. The smallest absolute Gasteiger partial charge is 0.270 e. The van der Waals surface area contributed by atoms with E-state index in [-0.39, 0.29) is 11.3 Å². The number of non-ortho nitro benzene ring substituents is 1. The Hall–Kier alpha value is -4.18. The third kappa shape index (κ3) is 4.51. The van der Waals surface area contributed by atoms with Gasteiger partial charge in [0.25, 0.3) is 11.6 Å². The topological polar surface area (TPSA) is 97.2 Å². The largest absolute Gasteiger partial charge is 0.387 e. The Morgan fingerprint density at radius 1 is 1.07 bits per heavy atom. The summed E-state index contributed by atoms with van der Waals surface area (Å²) in [7, 11) is 1.64. The summed E-state index contributed by atoms with van der Waals surface area (Å²) in [5.74, 6) is 5.49. The number of carbonyl (C=O) groups excluding carboxylic acids is 1. The number of pyridine rings is 1. The molecule has 3 rings (SSSR count). The summed E-state index contributed by atoms with van der Waals surface area (Å²) in [5, 5.41) is 16.6. The molecule has 0 saturated heterocycles. The highest BCUT2D eigenvalue weighted by Crippen LogP contribution is 2.23. The highest BCUT2D eigenvalue weighted by Gasteiger charge is 2.16. The minimum Gasteiger partial charge on any atom is -0.387 e. The van der Waals surface area contributed by atoms with E-state index in [0.29, 0.717) is 22.6 Å². The lowest BCUT2D eigenvalue weighted by Crippen LogP contribution is -2.14. The minimum atomic E-state index is -0.538. The molecule has 0 aliphatic rings. The van der Waals surface area contributed by atoms with Gasteiger partial charge in [0.1, 0.15) is 5.69 Å². The van der Waals surface area contributed by atoms with Gasteiger partial charge >= 0.3 is 0 Å². The van der Waals surface area contributed by atoms with E-state index in [9.17, 15) is 14.9 Å². The second kappa shape index (κ2) is 8.47. The number of amides is 1. The van der Waals surface area contributed by atoms with Crippen molar-refractivity contribution < 1.29 is 9.72 Å². The van der Waals surface area contributed by atoms with Crippen molar-refractivity contribution in [1.82, 2.24) is 4.98 Å². The lowest BCUT2D eigenvalue weighted by Gasteiger charge is -2.10. The molecule has 2 aromatic carbocycles. The van der Waals surface area contributed by atoms with Gasteiger partial charge in [-0.1, -0.05) is 18.1 Å². The monoisotopic (exact) mass is 372 g/mol. The summed E-state index contributed by atoms with van der Waals surface area (Å²) in [6, 6.07) is 16.6. The van der Waals surface area contributed by atoms with Crippen LogP contribution in [-0.2, 0) is 0 Å². The Kier molecular flexibility index (Phi) is 5.63. The standard InChI is InChI=1S/C21H16N4O3/c1-22-20-11-10-18(25(27)28)14-19(20)21(26)24-17-7-4-5-15(13-17)8-9-16-6-2-3-12-23-16/h2-7,10-14,22H,1H3,(H,24,26). The van der Waals surface area contributed by atoms with Crippen LogP contribution in [0.3, 0.4) is 0 Å². The molecular weight excluding hydrogens is 356 g/mol. The number of hydrogen-bond donors (Lipinski definition) is 2. The third-order valence-electron chi connectivity index (χ3n) is 3.85. The summed E-state index contributed by atoms with van der Waals surface area (Å²) in [6.45, 7) is 0. The van der Waals surface area contributed by atoms with Crippen LogP contribution in [0.15, 0.2) is 66.9 Å². The molecule has 0 saturated carbocycles. The molecule has 7 nitrogen and oxygen atoms in total. The van der Waals surface area contributed by atoms with Gasteiger partial charge in [-0.3, -0.25) is 14.9 Å². The number of hydrogen-bond acceptors (Lipinski definition) is 5. The van der Waals surface area contributed by atoms with Gasteiger partial charge in [-0.25, -0.2) is 4.98 Å². The lowest BCUT2D eigenvalue weighted by atomic mass is 10.1. The van der Waals surface area contributed by atoms with E-state index in [1.165, 1.54) is 18.2 Å². The highest BCUT2D eigenvalue weighted by molar-refractivity contribution is 6.08. The van der Waals surface area contributed by atoms with E-state index in [1.807, 2.05) is 18.2 Å². The van der Waals surface area contributed by atoms with Crippen molar-refractivity contribution in [3.8, 4) is 11.8 Å². The van der Waals surface area contributed by atoms with Crippen molar-refractivity contribution >= 4 is 23.0 Å². The molecule has 0 aliphatic heterocycles. The number of benzene rings is 2. The number of rotatable bonds is 4. The molecule has 0 spiro atoms.